The summed E-state index contributed by atoms with van der Waals surface area (Å²) in [4.78, 5) is 0.0621. The minimum Gasteiger partial charge on any atom is -0.364 e. The predicted octanol–water partition coefficient (Wildman–Crippen LogP) is 1.94. The van der Waals surface area contributed by atoms with Gasteiger partial charge < -0.3 is 14.2 Å². The van der Waals surface area contributed by atoms with Gasteiger partial charge >= 0.3 is 0 Å². The first-order valence-electron chi connectivity index (χ1n) is 5.65. The third-order valence-corrected chi connectivity index (χ3v) is 4.46. The number of alkyl halides is 1. The van der Waals surface area contributed by atoms with Crippen molar-refractivity contribution in [2.75, 3.05) is 19.8 Å². The van der Waals surface area contributed by atoms with Gasteiger partial charge in [-0.25, -0.2) is 0 Å². The maximum Gasteiger partial charge on any atom is 0.183 e. The molecule has 1 saturated carbocycles. The summed E-state index contributed by atoms with van der Waals surface area (Å²) in [5, 5.41) is 0. The minimum atomic E-state index is -0.503. The number of halogens is 1. The molecule has 0 aromatic heterocycles. The molecule has 0 aromatic rings. The zero-order valence-electron chi connectivity index (χ0n) is 9.45. The molecule has 4 heteroatoms. The summed E-state index contributed by atoms with van der Waals surface area (Å²) in [5.74, 6) is 2.52. The lowest BCUT2D eigenvalue weighted by Crippen LogP contribution is -2.52. The number of rotatable bonds is 2. The van der Waals surface area contributed by atoms with Gasteiger partial charge in [-0.05, 0) is 12.3 Å². The lowest BCUT2D eigenvalue weighted by atomic mass is 9.84. The van der Waals surface area contributed by atoms with Gasteiger partial charge in [0.2, 0.25) is 0 Å². The van der Waals surface area contributed by atoms with Crippen molar-refractivity contribution in [3.8, 4) is 12.3 Å². The molecule has 3 atom stereocenters. The maximum atomic E-state index is 5.77. The molecule has 0 N–H and O–H groups in total. The second-order valence-electron chi connectivity index (χ2n) is 4.51. The highest BCUT2D eigenvalue weighted by atomic mass is 79.9. The SMILES string of the molecule is C#CCO[C@H]1C[C@H](C)CC2(OCCO2)[C@@H]1Br. The van der Waals surface area contributed by atoms with Crippen LogP contribution in [0.1, 0.15) is 19.8 Å². The largest absolute Gasteiger partial charge is 0.364 e. The molecule has 0 amide bonds. The van der Waals surface area contributed by atoms with Crippen molar-refractivity contribution in [3.05, 3.63) is 0 Å². The van der Waals surface area contributed by atoms with Crippen molar-refractivity contribution in [1.29, 1.82) is 0 Å². The normalized spacial score (nSPS) is 37.4. The highest BCUT2D eigenvalue weighted by Crippen LogP contribution is 2.43. The first-order valence-corrected chi connectivity index (χ1v) is 6.56. The summed E-state index contributed by atoms with van der Waals surface area (Å²) in [6.45, 7) is 3.86. The van der Waals surface area contributed by atoms with E-state index in [0.717, 1.165) is 12.8 Å². The van der Waals surface area contributed by atoms with Crippen molar-refractivity contribution < 1.29 is 14.2 Å². The average molecular weight is 289 g/mol. The average Bonchev–Trinajstić information content (AvgIpc) is 2.71. The number of hydrogen-bond acceptors (Lipinski definition) is 3. The molecule has 2 fully saturated rings. The van der Waals surface area contributed by atoms with E-state index in [9.17, 15) is 0 Å². The Hall–Kier alpha value is -0.0800. The van der Waals surface area contributed by atoms with Crippen LogP contribution >= 0.6 is 15.9 Å². The van der Waals surface area contributed by atoms with Gasteiger partial charge in [0.15, 0.2) is 5.79 Å². The fourth-order valence-corrected chi connectivity index (χ4v) is 3.36. The van der Waals surface area contributed by atoms with E-state index in [2.05, 4.69) is 28.8 Å². The Kier molecular flexibility index (Phi) is 3.91. The monoisotopic (exact) mass is 288 g/mol. The summed E-state index contributed by atoms with van der Waals surface area (Å²) >= 11 is 3.65. The number of ether oxygens (including phenoxy) is 3. The van der Waals surface area contributed by atoms with E-state index in [1.807, 2.05) is 0 Å². The molecule has 3 nitrogen and oxygen atoms in total. The highest BCUT2D eigenvalue weighted by molar-refractivity contribution is 9.09. The molecule has 2 aliphatic rings. The van der Waals surface area contributed by atoms with E-state index < -0.39 is 5.79 Å². The molecule has 0 unspecified atom stereocenters. The van der Waals surface area contributed by atoms with E-state index in [1.54, 1.807) is 0 Å². The molecule has 1 aliphatic carbocycles. The Balaban J connectivity index is 2.07. The van der Waals surface area contributed by atoms with Crippen molar-refractivity contribution in [3.63, 3.8) is 0 Å². The number of hydrogen-bond donors (Lipinski definition) is 0. The zero-order chi connectivity index (χ0) is 11.6. The van der Waals surface area contributed by atoms with Crippen LogP contribution < -0.4 is 0 Å². The van der Waals surface area contributed by atoms with Crippen LogP contribution in [0, 0.1) is 18.3 Å². The molecular formula is C12H17BrO3. The molecule has 1 aliphatic heterocycles. The van der Waals surface area contributed by atoms with Crippen LogP contribution in [0.3, 0.4) is 0 Å². The van der Waals surface area contributed by atoms with Gasteiger partial charge in [0.25, 0.3) is 0 Å². The van der Waals surface area contributed by atoms with Crippen LogP contribution in [-0.4, -0.2) is 36.5 Å². The molecule has 0 bridgehead atoms. The van der Waals surface area contributed by atoms with Crippen LogP contribution in [0.2, 0.25) is 0 Å². The second-order valence-corrected chi connectivity index (χ2v) is 5.50. The van der Waals surface area contributed by atoms with E-state index in [0.29, 0.717) is 25.7 Å². The molecule has 16 heavy (non-hydrogen) atoms. The van der Waals surface area contributed by atoms with Crippen LogP contribution in [0.4, 0.5) is 0 Å². The van der Waals surface area contributed by atoms with Gasteiger partial charge in [-0.2, -0.15) is 0 Å². The smallest absolute Gasteiger partial charge is 0.183 e. The molecular weight excluding hydrogens is 272 g/mol. The highest BCUT2D eigenvalue weighted by Gasteiger charge is 2.51. The maximum absolute atomic E-state index is 5.77. The standard InChI is InChI=1S/C12H17BrO3/c1-3-4-14-10-7-9(2)8-12(11(10)13)15-5-6-16-12/h1,9-11H,4-8H2,2H3/t9-,10-,11+/m0/s1. The lowest BCUT2D eigenvalue weighted by Gasteiger charge is -2.43. The first-order chi connectivity index (χ1) is 7.68. The van der Waals surface area contributed by atoms with Gasteiger partial charge in [0.05, 0.1) is 24.1 Å². The Morgan fingerprint density at radius 1 is 1.50 bits per heavy atom. The quantitative estimate of drug-likeness (QED) is 0.574. The summed E-state index contributed by atoms with van der Waals surface area (Å²) in [5.41, 5.74) is 0. The van der Waals surface area contributed by atoms with Crippen LogP contribution in [0.15, 0.2) is 0 Å². The Morgan fingerprint density at radius 3 is 2.81 bits per heavy atom. The van der Waals surface area contributed by atoms with Crippen molar-refractivity contribution >= 4 is 15.9 Å². The second kappa shape index (κ2) is 5.05. The van der Waals surface area contributed by atoms with Crippen molar-refractivity contribution in [2.24, 2.45) is 5.92 Å². The van der Waals surface area contributed by atoms with E-state index >= 15 is 0 Å². The van der Waals surface area contributed by atoms with Crippen molar-refractivity contribution in [1.82, 2.24) is 0 Å². The first kappa shape index (κ1) is 12.4. The third kappa shape index (κ3) is 2.28. The molecule has 1 saturated heterocycles. The van der Waals surface area contributed by atoms with Crippen molar-refractivity contribution in [2.45, 2.75) is 36.5 Å². The van der Waals surface area contributed by atoms with E-state index in [1.165, 1.54) is 0 Å². The topological polar surface area (TPSA) is 27.7 Å². The predicted molar refractivity (Wildman–Crippen MR) is 64.3 cm³/mol. The lowest BCUT2D eigenvalue weighted by molar-refractivity contribution is -0.202. The summed E-state index contributed by atoms with van der Waals surface area (Å²) in [7, 11) is 0. The molecule has 1 spiro atoms. The summed E-state index contributed by atoms with van der Waals surface area (Å²) in [6, 6.07) is 0. The zero-order valence-corrected chi connectivity index (χ0v) is 11.0. The van der Waals surface area contributed by atoms with E-state index in [-0.39, 0.29) is 10.9 Å². The van der Waals surface area contributed by atoms with Gasteiger partial charge in [-0.3, -0.25) is 0 Å². The van der Waals surface area contributed by atoms with Gasteiger partial charge in [-0.15, -0.1) is 6.42 Å². The van der Waals surface area contributed by atoms with Crippen LogP contribution in [0.25, 0.3) is 0 Å². The van der Waals surface area contributed by atoms with Gasteiger partial charge in [-0.1, -0.05) is 28.8 Å². The molecule has 0 radical (unpaired) electrons. The molecule has 90 valence electrons. The molecule has 2 rings (SSSR count). The Labute approximate surface area is 105 Å². The molecule has 0 aromatic carbocycles. The van der Waals surface area contributed by atoms with Gasteiger partial charge in [0, 0.05) is 6.42 Å². The number of terminal acetylenes is 1. The Morgan fingerprint density at radius 2 is 2.19 bits per heavy atom. The third-order valence-electron chi connectivity index (χ3n) is 3.17. The minimum absolute atomic E-state index is 0.0621. The van der Waals surface area contributed by atoms with E-state index in [4.69, 9.17) is 20.6 Å². The fourth-order valence-electron chi connectivity index (χ4n) is 2.54. The van der Waals surface area contributed by atoms with Crippen LogP contribution in [-0.2, 0) is 14.2 Å². The fraction of sp³-hybridized carbons (Fsp3) is 0.833. The molecule has 1 heterocycles. The summed E-state index contributed by atoms with van der Waals surface area (Å²) in [6.07, 6.45) is 7.19. The van der Waals surface area contributed by atoms with Gasteiger partial charge in [0.1, 0.15) is 6.61 Å². The summed E-state index contributed by atoms with van der Waals surface area (Å²) < 4.78 is 17.2. The Bertz CT molecular complexity index is 280. The van der Waals surface area contributed by atoms with Crippen LogP contribution in [0.5, 0.6) is 0 Å².